The summed E-state index contributed by atoms with van der Waals surface area (Å²) in [7, 11) is 1.39. The fraction of sp³-hybridized carbons (Fsp3) is 0.462. The van der Waals surface area contributed by atoms with Crippen LogP contribution in [0.25, 0.3) is 0 Å². The molecule has 0 heterocycles. The van der Waals surface area contributed by atoms with E-state index in [9.17, 15) is 4.79 Å². The normalized spacial score (nSPS) is 12.2. The monoisotopic (exact) mass is 221 g/mol. The molecule has 1 aromatic carbocycles. The highest BCUT2D eigenvalue weighted by atomic mass is 16.5. The first-order valence-electron chi connectivity index (χ1n) is 5.43. The molecule has 0 spiro atoms. The summed E-state index contributed by atoms with van der Waals surface area (Å²) in [4.78, 5) is 11.0. The van der Waals surface area contributed by atoms with Gasteiger partial charge < -0.3 is 10.5 Å². The molecule has 1 rings (SSSR count). The van der Waals surface area contributed by atoms with E-state index in [-0.39, 0.29) is 12.0 Å². The van der Waals surface area contributed by atoms with Gasteiger partial charge in [-0.3, -0.25) is 4.79 Å². The number of methoxy groups -OCH3 is 1. The fourth-order valence-corrected chi connectivity index (χ4v) is 1.77. The van der Waals surface area contributed by atoms with Gasteiger partial charge in [-0.1, -0.05) is 29.3 Å². The van der Waals surface area contributed by atoms with E-state index in [2.05, 4.69) is 22.9 Å². The highest BCUT2D eigenvalue weighted by Crippen LogP contribution is 2.19. The van der Waals surface area contributed by atoms with Crippen LogP contribution in [0.1, 0.15) is 35.6 Å². The Balaban J connectivity index is 2.65. The third-order valence-electron chi connectivity index (χ3n) is 2.56. The van der Waals surface area contributed by atoms with Crippen molar-refractivity contribution in [1.82, 2.24) is 0 Å². The van der Waals surface area contributed by atoms with Crippen molar-refractivity contribution in [2.75, 3.05) is 7.11 Å². The molecule has 0 saturated carbocycles. The molecule has 0 fully saturated rings. The number of hydrogen-bond donors (Lipinski definition) is 1. The van der Waals surface area contributed by atoms with Crippen molar-refractivity contribution < 1.29 is 9.53 Å². The number of carbonyl (C=O) groups is 1. The zero-order chi connectivity index (χ0) is 12.1. The highest BCUT2D eigenvalue weighted by molar-refractivity contribution is 5.69. The van der Waals surface area contributed by atoms with E-state index >= 15 is 0 Å². The van der Waals surface area contributed by atoms with Crippen molar-refractivity contribution >= 4 is 5.97 Å². The second-order valence-electron chi connectivity index (χ2n) is 4.14. The molecule has 0 aliphatic rings. The van der Waals surface area contributed by atoms with E-state index in [1.165, 1.54) is 18.2 Å². The number of hydrogen-bond acceptors (Lipinski definition) is 3. The van der Waals surface area contributed by atoms with Gasteiger partial charge in [0.1, 0.15) is 0 Å². The van der Waals surface area contributed by atoms with Crippen molar-refractivity contribution in [3.8, 4) is 0 Å². The van der Waals surface area contributed by atoms with Crippen LogP contribution in [0.3, 0.4) is 0 Å². The van der Waals surface area contributed by atoms with Crippen LogP contribution in [0, 0.1) is 13.8 Å². The molecule has 88 valence electrons. The smallest absolute Gasteiger partial charge is 0.305 e. The molecule has 0 aliphatic heterocycles. The Labute approximate surface area is 96.6 Å². The van der Waals surface area contributed by atoms with Crippen molar-refractivity contribution in [3.63, 3.8) is 0 Å². The molecule has 0 bridgehead atoms. The molecule has 0 aromatic heterocycles. The number of esters is 1. The van der Waals surface area contributed by atoms with Crippen LogP contribution in [-0.4, -0.2) is 13.1 Å². The summed E-state index contributed by atoms with van der Waals surface area (Å²) < 4.78 is 4.59. The van der Waals surface area contributed by atoms with Crippen LogP contribution in [0.15, 0.2) is 18.2 Å². The Hall–Kier alpha value is -1.35. The molecular formula is C13H19NO2. The number of rotatable bonds is 4. The lowest BCUT2D eigenvalue weighted by atomic mass is 9.99. The molecule has 0 radical (unpaired) electrons. The van der Waals surface area contributed by atoms with E-state index in [0.717, 1.165) is 5.56 Å². The van der Waals surface area contributed by atoms with Crippen molar-refractivity contribution in [1.29, 1.82) is 0 Å². The van der Waals surface area contributed by atoms with Gasteiger partial charge in [-0.05, 0) is 25.8 Å². The zero-order valence-electron chi connectivity index (χ0n) is 10.1. The molecule has 0 saturated heterocycles. The number of nitrogens with two attached hydrogens (primary N) is 1. The zero-order valence-corrected chi connectivity index (χ0v) is 10.1. The number of aryl methyl sites for hydroxylation is 2. The van der Waals surface area contributed by atoms with Crippen LogP contribution in [-0.2, 0) is 9.53 Å². The van der Waals surface area contributed by atoms with Gasteiger partial charge in [-0.2, -0.15) is 0 Å². The van der Waals surface area contributed by atoms with Crippen LogP contribution in [0.2, 0.25) is 0 Å². The first-order chi connectivity index (χ1) is 7.52. The molecule has 0 aliphatic carbocycles. The van der Waals surface area contributed by atoms with E-state index in [1.807, 2.05) is 13.8 Å². The number of benzene rings is 1. The molecule has 1 aromatic rings. The maximum absolute atomic E-state index is 11.0. The Morgan fingerprint density at radius 1 is 1.31 bits per heavy atom. The predicted octanol–water partition coefficient (Wildman–Crippen LogP) is 2.26. The molecule has 1 unspecified atom stereocenters. The maximum Gasteiger partial charge on any atom is 0.305 e. The quantitative estimate of drug-likeness (QED) is 0.793. The van der Waals surface area contributed by atoms with Gasteiger partial charge in [0.05, 0.1) is 7.11 Å². The molecule has 2 N–H and O–H groups in total. The summed E-state index contributed by atoms with van der Waals surface area (Å²) in [5, 5.41) is 0. The van der Waals surface area contributed by atoms with Crippen LogP contribution < -0.4 is 5.73 Å². The average Bonchev–Trinajstić information content (AvgIpc) is 2.23. The topological polar surface area (TPSA) is 52.3 Å². The molecular weight excluding hydrogens is 202 g/mol. The van der Waals surface area contributed by atoms with Gasteiger partial charge in [0.2, 0.25) is 0 Å². The summed E-state index contributed by atoms with van der Waals surface area (Å²) in [6, 6.07) is 6.14. The van der Waals surface area contributed by atoms with Gasteiger partial charge in [-0.25, -0.2) is 0 Å². The molecule has 3 nitrogen and oxygen atoms in total. The van der Waals surface area contributed by atoms with E-state index < -0.39 is 0 Å². The summed E-state index contributed by atoms with van der Waals surface area (Å²) in [6.45, 7) is 4.09. The van der Waals surface area contributed by atoms with Gasteiger partial charge in [0, 0.05) is 12.5 Å². The van der Waals surface area contributed by atoms with Crippen LogP contribution in [0.4, 0.5) is 0 Å². The van der Waals surface area contributed by atoms with Gasteiger partial charge in [-0.15, -0.1) is 0 Å². The summed E-state index contributed by atoms with van der Waals surface area (Å²) >= 11 is 0. The summed E-state index contributed by atoms with van der Waals surface area (Å²) in [5.74, 6) is -0.208. The first-order valence-corrected chi connectivity index (χ1v) is 5.43. The minimum Gasteiger partial charge on any atom is -0.469 e. The SMILES string of the molecule is COC(=O)CCC(N)c1cc(C)cc(C)c1. The maximum atomic E-state index is 11.0. The summed E-state index contributed by atoms with van der Waals surface area (Å²) in [6.07, 6.45) is 0.986. The van der Waals surface area contributed by atoms with E-state index in [4.69, 9.17) is 5.73 Å². The Morgan fingerprint density at radius 3 is 2.38 bits per heavy atom. The minimum atomic E-state index is -0.208. The standard InChI is InChI=1S/C13H19NO2/c1-9-6-10(2)8-11(7-9)12(14)4-5-13(15)16-3/h6-8,12H,4-5,14H2,1-3H3. The molecule has 0 amide bonds. The Morgan fingerprint density at radius 2 is 1.88 bits per heavy atom. The van der Waals surface area contributed by atoms with Gasteiger partial charge in [0.15, 0.2) is 0 Å². The van der Waals surface area contributed by atoms with Crippen molar-refractivity contribution in [3.05, 3.63) is 34.9 Å². The lowest BCUT2D eigenvalue weighted by molar-refractivity contribution is -0.140. The Bertz CT molecular complexity index is 354. The fourth-order valence-electron chi connectivity index (χ4n) is 1.77. The molecule has 16 heavy (non-hydrogen) atoms. The Kier molecular flexibility index (Phi) is 4.50. The number of carbonyl (C=O) groups excluding carboxylic acids is 1. The number of ether oxygens (including phenoxy) is 1. The molecule has 3 heteroatoms. The third-order valence-corrected chi connectivity index (χ3v) is 2.56. The van der Waals surface area contributed by atoms with Crippen LogP contribution in [0.5, 0.6) is 0 Å². The van der Waals surface area contributed by atoms with Gasteiger partial charge in [0.25, 0.3) is 0 Å². The van der Waals surface area contributed by atoms with Gasteiger partial charge >= 0.3 is 5.97 Å². The summed E-state index contributed by atoms with van der Waals surface area (Å²) in [5.41, 5.74) is 9.51. The largest absolute Gasteiger partial charge is 0.469 e. The van der Waals surface area contributed by atoms with E-state index in [1.54, 1.807) is 0 Å². The minimum absolute atomic E-state index is 0.0994. The molecule has 1 atom stereocenters. The highest BCUT2D eigenvalue weighted by Gasteiger charge is 2.09. The first kappa shape index (κ1) is 12.7. The van der Waals surface area contributed by atoms with Crippen LogP contribution >= 0.6 is 0 Å². The van der Waals surface area contributed by atoms with E-state index in [0.29, 0.717) is 12.8 Å². The lowest BCUT2D eigenvalue weighted by Gasteiger charge is -2.13. The predicted molar refractivity (Wildman–Crippen MR) is 64.1 cm³/mol. The lowest BCUT2D eigenvalue weighted by Crippen LogP contribution is -2.13. The average molecular weight is 221 g/mol. The van der Waals surface area contributed by atoms with Crippen molar-refractivity contribution in [2.24, 2.45) is 5.73 Å². The second kappa shape index (κ2) is 5.66. The van der Waals surface area contributed by atoms with Crippen molar-refractivity contribution in [2.45, 2.75) is 32.7 Å². The third kappa shape index (κ3) is 3.66. The second-order valence-corrected chi connectivity index (χ2v) is 4.14.